The fraction of sp³-hybridized carbons (Fsp3) is 0.333. The molecule has 0 unspecified atom stereocenters. The summed E-state index contributed by atoms with van der Waals surface area (Å²) in [6, 6.07) is 15.6. The predicted molar refractivity (Wildman–Crippen MR) is 112 cm³/mol. The lowest BCUT2D eigenvalue weighted by Crippen LogP contribution is -2.86. The number of nitrogens with one attached hydrogen (secondary N) is 1. The van der Waals surface area contributed by atoms with E-state index in [1.165, 1.54) is 4.31 Å². The number of sulfonamides is 1. The van der Waals surface area contributed by atoms with Gasteiger partial charge in [0.2, 0.25) is 10.0 Å². The van der Waals surface area contributed by atoms with Gasteiger partial charge in [-0.2, -0.15) is 9.57 Å². The first kappa shape index (κ1) is 22.6. The molecule has 0 radical (unpaired) electrons. The van der Waals surface area contributed by atoms with Gasteiger partial charge >= 0.3 is 0 Å². The summed E-state index contributed by atoms with van der Waals surface area (Å²) in [5.74, 6) is -0.208. The minimum absolute atomic E-state index is 0.0304. The molecule has 1 atom stereocenters. The van der Waals surface area contributed by atoms with E-state index in [0.717, 1.165) is 5.56 Å². The number of quaternary nitrogens is 1. The second kappa shape index (κ2) is 10.2. The van der Waals surface area contributed by atoms with Crippen LogP contribution in [0.25, 0.3) is 0 Å². The van der Waals surface area contributed by atoms with E-state index < -0.39 is 10.0 Å². The molecule has 3 N–H and O–H groups in total. The van der Waals surface area contributed by atoms with Gasteiger partial charge in [0, 0.05) is 18.7 Å². The van der Waals surface area contributed by atoms with Gasteiger partial charge in [-0.05, 0) is 31.2 Å². The molecular weight excluding hydrogens is 388 g/mol. The Bertz CT molecular complexity index is 978. The highest BCUT2D eigenvalue weighted by Gasteiger charge is 2.22. The molecule has 2 aromatic rings. The van der Waals surface area contributed by atoms with Gasteiger partial charge < -0.3 is 10.6 Å². The van der Waals surface area contributed by atoms with Crippen molar-refractivity contribution in [3.63, 3.8) is 0 Å². The highest BCUT2D eigenvalue weighted by Crippen LogP contribution is 2.18. The van der Waals surface area contributed by atoms with E-state index in [0.29, 0.717) is 24.3 Å². The SMILES string of the molecule is CCN(CC)S(=O)(=O)c1ccc([C@H](C)[NH2+]CC(=O)Nc2ccccc2C#N)cc1. The molecule has 0 fully saturated rings. The molecule has 29 heavy (non-hydrogen) atoms. The molecule has 0 bridgehead atoms. The van der Waals surface area contributed by atoms with Crippen LogP contribution >= 0.6 is 0 Å². The van der Waals surface area contributed by atoms with Crippen LogP contribution in [0.1, 0.15) is 37.9 Å². The maximum Gasteiger partial charge on any atom is 0.279 e. The minimum Gasteiger partial charge on any atom is -0.333 e. The minimum atomic E-state index is -3.48. The van der Waals surface area contributed by atoms with Gasteiger partial charge in [0.15, 0.2) is 6.54 Å². The fourth-order valence-electron chi connectivity index (χ4n) is 2.97. The van der Waals surface area contributed by atoms with Crippen molar-refractivity contribution >= 4 is 21.6 Å². The Morgan fingerprint density at radius 3 is 2.34 bits per heavy atom. The Labute approximate surface area is 172 Å². The standard InChI is InChI=1S/C21H26N4O3S/c1-4-25(5-2)29(27,28)19-12-10-17(11-13-19)16(3)23-15-21(26)24-20-9-7-6-8-18(20)14-22/h6-13,16,23H,4-5,15H2,1-3H3,(H,24,26)/p+1/t16-/m0/s1. The fourth-order valence-corrected chi connectivity index (χ4v) is 4.42. The monoisotopic (exact) mass is 415 g/mol. The number of rotatable bonds is 9. The summed E-state index contributed by atoms with van der Waals surface area (Å²) in [6.07, 6.45) is 0. The van der Waals surface area contributed by atoms with Crippen molar-refractivity contribution in [3.8, 4) is 6.07 Å². The van der Waals surface area contributed by atoms with Gasteiger partial charge in [0.05, 0.1) is 16.1 Å². The van der Waals surface area contributed by atoms with E-state index in [9.17, 15) is 13.2 Å². The Hall–Kier alpha value is -2.73. The zero-order chi connectivity index (χ0) is 21.4. The number of hydrogen-bond acceptors (Lipinski definition) is 4. The van der Waals surface area contributed by atoms with E-state index in [1.807, 2.05) is 32.2 Å². The van der Waals surface area contributed by atoms with Crippen LogP contribution in [0.2, 0.25) is 0 Å². The number of hydrogen-bond donors (Lipinski definition) is 2. The van der Waals surface area contributed by atoms with Crippen molar-refractivity contribution in [1.29, 1.82) is 5.26 Å². The number of benzene rings is 2. The van der Waals surface area contributed by atoms with Crippen molar-refractivity contribution in [3.05, 3.63) is 59.7 Å². The summed E-state index contributed by atoms with van der Waals surface area (Å²) in [5, 5.41) is 13.7. The third-order valence-electron chi connectivity index (χ3n) is 4.73. The highest BCUT2D eigenvalue weighted by molar-refractivity contribution is 7.89. The van der Waals surface area contributed by atoms with Crippen molar-refractivity contribution < 1.29 is 18.5 Å². The number of carbonyl (C=O) groups excluding carboxylic acids is 1. The van der Waals surface area contributed by atoms with Crippen LogP contribution in [-0.4, -0.2) is 38.3 Å². The molecule has 0 spiro atoms. The molecule has 7 nitrogen and oxygen atoms in total. The number of nitrogens with two attached hydrogens (primary N) is 1. The molecule has 1 amide bonds. The topological polar surface area (TPSA) is 107 Å². The van der Waals surface area contributed by atoms with Gasteiger partial charge in [0.1, 0.15) is 12.1 Å². The number of para-hydroxylation sites is 1. The van der Waals surface area contributed by atoms with E-state index in [2.05, 4.69) is 5.32 Å². The molecule has 0 saturated carbocycles. The molecule has 2 aromatic carbocycles. The third-order valence-corrected chi connectivity index (χ3v) is 6.79. The Balaban J connectivity index is 1.98. The molecule has 0 aliphatic carbocycles. The summed E-state index contributed by atoms with van der Waals surface area (Å²) >= 11 is 0. The zero-order valence-electron chi connectivity index (χ0n) is 16.9. The van der Waals surface area contributed by atoms with Crippen LogP contribution in [-0.2, 0) is 14.8 Å². The molecule has 154 valence electrons. The number of amides is 1. The first-order valence-electron chi connectivity index (χ1n) is 9.55. The zero-order valence-corrected chi connectivity index (χ0v) is 17.7. The van der Waals surface area contributed by atoms with Crippen molar-refractivity contribution in [2.24, 2.45) is 0 Å². The van der Waals surface area contributed by atoms with Gasteiger partial charge in [-0.3, -0.25) is 4.79 Å². The predicted octanol–water partition coefficient (Wildman–Crippen LogP) is 1.85. The number of anilines is 1. The van der Waals surface area contributed by atoms with Crippen molar-refractivity contribution in [2.45, 2.75) is 31.7 Å². The first-order chi connectivity index (χ1) is 13.8. The molecule has 0 aliphatic rings. The summed E-state index contributed by atoms with van der Waals surface area (Å²) < 4.78 is 26.5. The van der Waals surface area contributed by atoms with Crippen LogP contribution in [0.3, 0.4) is 0 Å². The Morgan fingerprint density at radius 1 is 1.14 bits per heavy atom. The lowest BCUT2D eigenvalue weighted by molar-refractivity contribution is -0.682. The molecule has 0 saturated heterocycles. The highest BCUT2D eigenvalue weighted by atomic mass is 32.2. The van der Waals surface area contributed by atoms with Gasteiger partial charge in [-0.1, -0.05) is 38.1 Å². The average Bonchev–Trinajstić information content (AvgIpc) is 2.73. The lowest BCUT2D eigenvalue weighted by atomic mass is 10.1. The van der Waals surface area contributed by atoms with Crippen LogP contribution in [0.5, 0.6) is 0 Å². The summed E-state index contributed by atoms with van der Waals surface area (Å²) in [5.41, 5.74) is 1.83. The van der Waals surface area contributed by atoms with E-state index in [-0.39, 0.29) is 23.4 Å². The van der Waals surface area contributed by atoms with Crippen LogP contribution < -0.4 is 10.6 Å². The number of nitriles is 1. The van der Waals surface area contributed by atoms with Crippen molar-refractivity contribution in [1.82, 2.24) is 4.31 Å². The maximum absolute atomic E-state index is 12.6. The lowest BCUT2D eigenvalue weighted by Gasteiger charge is -2.19. The first-order valence-corrected chi connectivity index (χ1v) is 11.0. The van der Waals surface area contributed by atoms with E-state index in [1.54, 1.807) is 48.5 Å². The maximum atomic E-state index is 12.6. The van der Waals surface area contributed by atoms with Crippen LogP contribution in [0.4, 0.5) is 5.69 Å². The smallest absolute Gasteiger partial charge is 0.279 e. The van der Waals surface area contributed by atoms with Gasteiger partial charge in [-0.15, -0.1) is 0 Å². The summed E-state index contributed by atoms with van der Waals surface area (Å²) in [6.45, 7) is 6.60. The molecule has 2 rings (SSSR count). The normalized spacial score (nSPS) is 12.4. The van der Waals surface area contributed by atoms with E-state index >= 15 is 0 Å². The molecular formula is C21H27N4O3S+. The third kappa shape index (κ3) is 5.64. The number of carbonyl (C=O) groups is 1. The Morgan fingerprint density at radius 2 is 1.76 bits per heavy atom. The Kier molecular flexibility index (Phi) is 7.91. The summed E-state index contributed by atoms with van der Waals surface area (Å²) in [4.78, 5) is 12.5. The second-order valence-corrected chi connectivity index (χ2v) is 8.53. The largest absolute Gasteiger partial charge is 0.333 e. The van der Waals surface area contributed by atoms with Gasteiger partial charge in [0.25, 0.3) is 5.91 Å². The molecule has 0 aromatic heterocycles. The average molecular weight is 416 g/mol. The van der Waals surface area contributed by atoms with Gasteiger partial charge in [-0.25, -0.2) is 8.42 Å². The quantitative estimate of drug-likeness (QED) is 0.652. The van der Waals surface area contributed by atoms with E-state index in [4.69, 9.17) is 5.26 Å². The molecule has 0 aliphatic heterocycles. The number of nitrogens with zero attached hydrogens (tertiary/aromatic N) is 2. The molecule has 0 heterocycles. The second-order valence-electron chi connectivity index (χ2n) is 6.59. The van der Waals surface area contributed by atoms with Crippen molar-refractivity contribution in [2.75, 3.05) is 25.0 Å². The summed E-state index contributed by atoms with van der Waals surface area (Å²) in [7, 11) is -3.48. The van der Waals surface area contributed by atoms with Crippen LogP contribution in [0, 0.1) is 11.3 Å². The molecule has 8 heteroatoms. The van der Waals surface area contributed by atoms with Crippen LogP contribution in [0.15, 0.2) is 53.4 Å².